The Morgan fingerprint density at radius 3 is 2.40 bits per heavy atom. The van der Waals surface area contributed by atoms with Crippen molar-refractivity contribution in [2.24, 2.45) is 9.98 Å². The number of nitrogens with zero attached hydrogens (tertiary/aromatic N) is 2. The van der Waals surface area contributed by atoms with Gasteiger partial charge in [0.25, 0.3) is 0 Å². The van der Waals surface area contributed by atoms with Gasteiger partial charge in [-0.2, -0.15) is 0 Å². The van der Waals surface area contributed by atoms with Gasteiger partial charge in [-0.3, -0.25) is 0 Å². The molecule has 0 saturated heterocycles. The van der Waals surface area contributed by atoms with E-state index in [1.54, 1.807) is 13.8 Å². The van der Waals surface area contributed by atoms with Crippen LogP contribution in [0.25, 0.3) is 0 Å². The molecule has 0 radical (unpaired) electrons. The zero-order chi connectivity index (χ0) is 7.72. The third-order valence-corrected chi connectivity index (χ3v) is 1.37. The van der Waals surface area contributed by atoms with E-state index in [4.69, 9.17) is 10.2 Å². The molecule has 0 aliphatic carbocycles. The molecule has 56 valence electrons. The number of aliphatic imine (C=N–C) groups is 2. The molecule has 0 fully saturated rings. The maximum absolute atomic E-state index is 9.08. The van der Waals surface area contributed by atoms with Gasteiger partial charge in [0.05, 0.1) is 5.71 Å². The molecule has 0 aromatic carbocycles. The first-order chi connectivity index (χ1) is 4.61. The molecule has 0 saturated carbocycles. The molecule has 1 rings (SSSR count). The van der Waals surface area contributed by atoms with Gasteiger partial charge in [-0.25, -0.2) is 9.98 Å². The molecule has 2 N–H and O–H groups in total. The summed E-state index contributed by atoms with van der Waals surface area (Å²) in [6.45, 7) is 3.34. The summed E-state index contributed by atoms with van der Waals surface area (Å²) in [7, 11) is 0. The van der Waals surface area contributed by atoms with Crippen LogP contribution in [-0.2, 0) is 0 Å². The number of rotatable bonds is 0. The molecule has 0 bridgehead atoms. The molecular weight excluding hydrogens is 132 g/mol. The average Bonchev–Trinajstić information content (AvgIpc) is 1.82. The van der Waals surface area contributed by atoms with Crippen LogP contribution < -0.4 is 0 Å². The lowest BCUT2D eigenvalue weighted by Crippen LogP contribution is -2.34. The molecule has 2 atom stereocenters. The highest BCUT2D eigenvalue weighted by Crippen LogP contribution is 2.05. The Bertz CT molecular complexity index is 198. The highest BCUT2D eigenvalue weighted by Gasteiger charge is 2.21. The summed E-state index contributed by atoms with van der Waals surface area (Å²) in [5, 5.41) is 18.1. The van der Waals surface area contributed by atoms with E-state index in [0.29, 0.717) is 11.5 Å². The van der Waals surface area contributed by atoms with Gasteiger partial charge in [0, 0.05) is 0 Å². The minimum Gasteiger partial charge on any atom is -0.382 e. The van der Waals surface area contributed by atoms with Gasteiger partial charge in [-0.05, 0) is 13.8 Å². The highest BCUT2D eigenvalue weighted by atomic mass is 16.3. The van der Waals surface area contributed by atoms with E-state index in [1.165, 1.54) is 0 Å². The molecule has 1 aliphatic rings. The zero-order valence-electron chi connectivity index (χ0n) is 5.94. The van der Waals surface area contributed by atoms with Crippen molar-refractivity contribution in [2.45, 2.75) is 26.2 Å². The predicted molar refractivity (Wildman–Crippen MR) is 38.2 cm³/mol. The van der Waals surface area contributed by atoms with E-state index in [0.717, 1.165) is 0 Å². The second-order valence-corrected chi connectivity index (χ2v) is 2.29. The van der Waals surface area contributed by atoms with Crippen molar-refractivity contribution < 1.29 is 10.2 Å². The van der Waals surface area contributed by atoms with Crippen LogP contribution in [0.1, 0.15) is 13.8 Å². The third kappa shape index (κ3) is 1.22. The van der Waals surface area contributed by atoms with Crippen molar-refractivity contribution in [3.8, 4) is 0 Å². The first kappa shape index (κ1) is 7.37. The summed E-state index contributed by atoms with van der Waals surface area (Å²) in [5.41, 5.74) is 0.514. The van der Waals surface area contributed by atoms with Crippen LogP contribution in [0.2, 0.25) is 0 Å². The summed E-state index contributed by atoms with van der Waals surface area (Å²) in [4.78, 5) is 7.52. The summed E-state index contributed by atoms with van der Waals surface area (Å²) < 4.78 is 0. The Kier molecular flexibility index (Phi) is 1.82. The van der Waals surface area contributed by atoms with Gasteiger partial charge in [-0.15, -0.1) is 0 Å². The Morgan fingerprint density at radius 2 is 1.90 bits per heavy atom. The van der Waals surface area contributed by atoms with Gasteiger partial charge >= 0.3 is 0 Å². The minimum absolute atomic E-state index is 0.510. The van der Waals surface area contributed by atoms with Gasteiger partial charge in [-0.1, -0.05) is 0 Å². The molecule has 4 nitrogen and oxygen atoms in total. The quantitative estimate of drug-likeness (QED) is 0.481. The maximum Gasteiger partial charge on any atom is 0.178 e. The Hall–Kier alpha value is -0.740. The summed E-state index contributed by atoms with van der Waals surface area (Å²) >= 11 is 0. The molecule has 4 heteroatoms. The standard InChI is InChI=1S/C6H10N2O2/c1-3-5(9)6(10)8-4(2)7-3/h5-6,9-10H,1-2H3. The number of aliphatic hydroxyl groups is 2. The second-order valence-electron chi connectivity index (χ2n) is 2.29. The topological polar surface area (TPSA) is 65.2 Å². The molecule has 1 heterocycles. The van der Waals surface area contributed by atoms with Crippen LogP contribution in [-0.4, -0.2) is 34.1 Å². The van der Waals surface area contributed by atoms with Crippen molar-refractivity contribution in [2.75, 3.05) is 0 Å². The van der Waals surface area contributed by atoms with E-state index in [9.17, 15) is 0 Å². The fourth-order valence-corrected chi connectivity index (χ4v) is 0.828. The van der Waals surface area contributed by atoms with E-state index < -0.39 is 12.3 Å². The minimum atomic E-state index is -1.03. The van der Waals surface area contributed by atoms with Crippen molar-refractivity contribution in [3.63, 3.8) is 0 Å². The lowest BCUT2D eigenvalue weighted by atomic mass is 10.2. The summed E-state index contributed by atoms with van der Waals surface area (Å²) in [6, 6.07) is 0. The summed E-state index contributed by atoms with van der Waals surface area (Å²) in [5.74, 6) is 0.510. The van der Waals surface area contributed by atoms with Gasteiger partial charge in [0.1, 0.15) is 11.9 Å². The predicted octanol–water partition coefficient (Wildman–Crippen LogP) is -0.441. The Morgan fingerprint density at radius 1 is 1.30 bits per heavy atom. The van der Waals surface area contributed by atoms with Gasteiger partial charge in [0.2, 0.25) is 0 Å². The van der Waals surface area contributed by atoms with Crippen LogP contribution in [0.5, 0.6) is 0 Å². The number of amidine groups is 1. The number of hydrogen-bond donors (Lipinski definition) is 2. The second kappa shape index (κ2) is 2.48. The molecule has 10 heavy (non-hydrogen) atoms. The number of hydrogen-bond acceptors (Lipinski definition) is 4. The lowest BCUT2D eigenvalue weighted by molar-refractivity contribution is 0.0647. The van der Waals surface area contributed by atoms with Gasteiger partial charge < -0.3 is 10.2 Å². The van der Waals surface area contributed by atoms with Crippen LogP contribution in [0.4, 0.5) is 0 Å². The average molecular weight is 142 g/mol. The van der Waals surface area contributed by atoms with Crippen LogP contribution in [0.3, 0.4) is 0 Å². The molecule has 0 aromatic rings. The fourth-order valence-electron chi connectivity index (χ4n) is 0.828. The van der Waals surface area contributed by atoms with Gasteiger partial charge in [0.15, 0.2) is 6.23 Å². The third-order valence-electron chi connectivity index (χ3n) is 1.37. The van der Waals surface area contributed by atoms with Crippen molar-refractivity contribution in [1.82, 2.24) is 0 Å². The van der Waals surface area contributed by atoms with E-state index in [2.05, 4.69) is 9.98 Å². The Labute approximate surface area is 58.9 Å². The molecule has 0 amide bonds. The van der Waals surface area contributed by atoms with E-state index in [1.807, 2.05) is 0 Å². The van der Waals surface area contributed by atoms with Crippen molar-refractivity contribution in [1.29, 1.82) is 0 Å². The smallest absolute Gasteiger partial charge is 0.178 e. The van der Waals surface area contributed by atoms with E-state index >= 15 is 0 Å². The van der Waals surface area contributed by atoms with E-state index in [-0.39, 0.29) is 0 Å². The molecule has 0 aromatic heterocycles. The van der Waals surface area contributed by atoms with Crippen molar-refractivity contribution in [3.05, 3.63) is 0 Å². The maximum atomic E-state index is 9.08. The molecule has 0 spiro atoms. The first-order valence-corrected chi connectivity index (χ1v) is 3.07. The molecule has 1 aliphatic heterocycles. The van der Waals surface area contributed by atoms with Crippen LogP contribution >= 0.6 is 0 Å². The number of aliphatic hydroxyl groups excluding tert-OH is 2. The SMILES string of the molecule is CC1=NC(O)C(O)C(C)=N1. The Balaban J connectivity index is 2.85. The van der Waals surface area contributed by atoms with Crippen LogP contribution in [0, 0.1) is 0 Å². The lowest BCUT2D eigenvalue weighted by Gasteiger charge is -2.18. The summed E-state index contributed by atoms with van der Waals surface area (Å²) in [6.07, 6.45) is -1.96. The van der Waals surface area contributed by atoms with Crippen molar-refractivity contribution >= 4 is 11.5 Å². The normalized spacial score (nSPS) is 33.2. The van der Waals surface area contributed by atoms with Crippen LogP contribution in [0.15, 0.2) is 9.98 Å². The molecular formula is C6H10N2O2. The zero-order valence-corrected chi connectivity index (χ0v) is 5.94. The largest absolute Gasteiger partial charge is 0.382 e. The fraction of sp³-hybridized carbons (Fsp3) is 0.667. The first-order valence-electron chi connectivity index (χ1n) is 3.07. The molecule has 2 unspecified atom stereocenters. The monoisotopic (exact) mass is 142 g/mol. The highest BCUT2D eigenvalue weighted by molar-refractivity contribution is 6.00.